The molecule has 102 valence electrons. The van der Waals surface area contributed by atoms with Gasteiger partial charge in [-0.05, 0) is 37.6 Å². The molecule has 0 fully saturated rings. The molecule has 0 aliphatic heterocycles. The molecule has 0 amide bonds. The molecular weight excluding hydrogens is 256 g/mol. The van der Waals surface area contributed by atoms with Crippen molar-refractivity contribution in [2.24, 2.45) is 0 Å². The average Bonchev–Trinajstić information content (AvgIpc) is 2.27. The van der Waals surface area contributed by atoms with Crippen LogP contribution in [-0.2, 0) is 14.6 Å². The Hall–Kier alpha value is -1.31. The second-order valence-electron chi connectivity index (χ2n) is 3.87. The molecule has 7 heteroatoms. The van der Waals surface area contributed by atoms with E-state index in [2.05, 4.69) is 4.18 Å². The SMILES string of the molecule is CCN(CCOS(=O)(=O)O)c1ccc(N)c(C)c1. The van der Waals surface area contributed by atoms with Gasteiger partial charge in [0.1, 0.15) is 0 Å². The highest BCUT2D eigenvalue weighted by Gasteiger charge is 2.09. The first-order valence-electron chi connectivity index (χ1n) is 5.56. The van der Waals surface area contributed by atoms with Gasteiger partial charge in [-0.15, -0.1) is 0 Å². The summed E-state index contributed by atoms with van der Waals surface area (Å²) in [5.74, 6) is 0. The van der Waals surface area contributed by atoms with E-state index in [1.807, 2.05) is 30.9 Å². The second kappa shape index (κ2) is 6.03. The first-order valence-corrected chi connectivity index (χ1v) is 6.93. The van der Waals surface area contributed by atoms with E-state index in [1.165, 1.54) is 0 Å². The minimum Gasteiger partial charge on any atom is -0.399 e. The number of hydrogen-bond donors (Lipinski definition) is 2. The lowest BCUT2D eigenvalue weighted by Gasteiger charge is -2.23. The van der Waals surface area contributed by atoms with Crippen LogP contribution >= 0.6 is 0 Å². The molecule has 0 unspecified atom stereocenters. The van der Waals surface area contributed by atoms with Crippen molar-refractivity contribution in [3.8, 4) is 0 Å². The quantitative estimate of drug-likeness (QED) is 0.598. The largest absolute Gasteiger partial charge is 0.399 e. The Labute approximate surface area is 107 Å². The van der Waals surface area contributed by atoms with Crippen LogP contribution in [0.5, 0.6) is 0 Å². The monoisotopic (exact) mass is 274 g/mol. The summed E-state index contributed by atoms with van der Waals surface area (Å²) in [4.78, 5) is 1.93. The van der Waals surface area contributed by atoms with E-state index < -0.39 is 10.4 Å². The zero-order valence-corrected chi connectivity index (χ0v) is 11.3. The van der Waals surface area contributed by atoms with Gasteiger partial charge >= 0.3 is 10.4 Å². The van der Waals surface area contributed by atoms with Crippen molar-refractivity contribution in [2.45, 2.75) is 13.8 Å². The summed E-state index contributed by atoms with van der Waals surface area (Å²) < 4.78 is 33.6. The third-order valence-electron chi connectivity index (χ3n) is 2.59. The van der Waals surface area contributed by atoms with Crippen LogP contribution in [0.1, 0.15) is 12.5 Å². The van der Waals surface area contributed by atoms with Gasteiger partial charge in [-0.3, -0.25) is 4.55 Å². The summed E-state index contributed by atoms with van der Waals surface area (Å²) in [7, 11) is -4.37. The van der Waals surface area contributed by atoms with Gasteiger partial charge in [-0.2, -0.15) is 8.42 Å². The van der Waals surface area contributed by atoms with Gasteiger partial charge in [0, 0.05) is 24.5 Å². The number of benzene rings is 1. The number of likely N-dealkylation sites (N-methyl/N-ethyl adjacent to an activating group) is 1. The molecule has 0 atom stereocenters. The van der Waals surface area contributed by atoms with Crippen LogP contribution in [0.2, 0.25) is 0 Å². The minimum absolute atomic E-state index is 0.101. The predicted molar refractivity (Wildman–Crippen MR) is 71.0 cm³/mol. The van der Waals surface area contributed by atoms with E-state index in [4.69, 9.17) is 10.3 Å². The molecule has 18 heavy (non-hydrogen) atoms. The smallest absolute Gasteiger partial charge is 0.397 e. The Morgan fingerprint density at radius 3 is 2.61 bits per heavy atom. The molecule has 1 rings (SSSR count). The molecule has 0 aliphatic carbocycles. The number of rotatable bonds is 6. The highest BCUT2D eigenvalue weighted by atomic mass is 32.3. The molecule has 0 aliphatic rings. The fraction of sp³-hybridized carbons (Fsp3) is 0.455. The number of hydrogen-bond acceptors (Lipinski definition) is 5. The van der Waals surface area contributed by atoms with Crippen molar-refractivity contribution in [2.75, 3.05) is 30.3 Å². The number of aryl methyl sites for hydroxylation is 1. The van der Waals surface area contributed by atoms with Crippen LogP contribution in [0.3, 0.4) is 0 Å². The van der Waals surface area contributed by atoms with Crippen molar-refractivity contribution in [3.05, 3.63) is 23.8 Å². The molecule has 0 spiro atoms. The van der Waals surface area contributed by atoms with Gasteiger partial charge in [-0.1, -0.05) is 0 Å². The van der Waals surface area contributed by atoms with E-state index in [1.54, 1.807) is 6.07 Å². The highest BCUT2D eigenvalue weighted by molar-refractivity contribution is 7.80. The summed E-state index contributed by atoms with van der Waals surface area (Å²) in [5, 5.41) is 0. The van der Waals surface area contributed by atoms with E-state index >= 15 is 0 Å². The lowest BCUT2D eigenvalue weighted by atomic mass is 10.1. The Kier molecular flexibility index (Phi) is 4.94. The minimum atomic E-state index is -4.37. The lowest BCUT2D eigenvalue weighted by Crippen LogP contribution is -2.28. The Balaban J connectivity index is 2.68. The fourth-order valence-electron chi connectivity index (χ4n) is 1.58. The summed E-state index contributed by atoms with van der Waals surface area (Å²) in [6.07, 6.45) is 0. The molecule has 0 heterocycles. The van der Waals surface area contributed by atoms with Crippen LogP contribution in [0.25, 0.3) is 0 Å². The van der Waals surface area contributed by atoms with Crippen LogP contribution < -0.4 is 10.6 Å². The summed E-state index contributed by atoms with van der Waals surface area (Å²) in [6.45, 7) is 4.80. The van der Waals surface area contributed by atoms with E-state index in [0.29, 0.717) is 18.8 Å². The van der Waals surface area contributed by atoms with Gasteiger partial charge < -0.3 is 10.6 Å². The molecule has 0 saturated carbocycles. The standard InChI is InChI=1S/C11H18N2O4S/c1-3-13(6-7-17-18(14,15)16)10-4-5-11(12)9(2)8-10/h4-5,8H,3,6-7,12H2,1-2H3,(H,14,15,16). The molecule has 6 nitrogen and oxygen atoms in total. The first-order chi connectivity index (χ1) is 8.33. The van der Waals surface area contributed by atoms with E-state index in [0.717, 1.165) is 11.3 Å². The average molecular weight is 274 g/mol. The van der Waals surface area contributed by atoms with Crippen LogP contribution in [0, 0.1) is 6.92 Å². The van der Waals surface area contributed by atoms with Crippen molar-refractivity contribution in [1.29, 1.82) is 0 Å². The Morgan fingerprint density at radius 2 is 2.11 bits per heavy atom. The highest BCUT2D eigenvalue weighted by Crippen LogP contribution is 2.20. The van der Waals surface area contributed by atoms with Crippen LogP contribution in [0.4, 0.5) is 11.4 Å². The summed E-state index contributed by atoms with van der Waals surface area (Å²) in [6, 6.07) is 5.59. The van der Waals surface area contributed by atoms with E-state index in [9.17, 15) is 8.42 Å². The molecule has 0 bridgehead atoms. The molecule has 0 radical (unpaired) electrons. The van der Waals surface area contributed by atoms with Crippen molar-refractivity contribution >= 4 is 21.8 Å². The Bertz CT molecular complexity index is 502. The third-order valence-corrected chi connectivity index (χ3v) is 3.06. The van der Waals surface area contributed by atoms with Crippen LogP contribution in [-0.4, -0.2) is 32.7 Å². The molecule has 0 aromatic heterocycles. The zero-order valence-electron chi connectivity index (χ0n) is 10.5. The van der Waals surface area contributed by atoms with Gasteiger partial charge in [0.2, 0.25) is 0 Å². The molecule has 3 N–H and O–H groups in total. The van der Waals surface area contributed by atoms with Crippen molar-refractivity contribution in [3.63, 3.8) is 0 Å². The Morgan fingerprint density at radius 1 is 1.44 bits per heavy atom. The lowest BCUT2D eigenvalue weighted by molar-refractivity contribution is 0.274. The summed E-state index contributed by atoms with van der Waals surface area (Å²) in [5.41, 5.74) is 8.34. The maximum atomic E-state index is 10.4. The van der Waals surface area contributed by atoms with Gasteiger partial charge in [0.05, 0.1) is 6.61 Å². The maximum Gasteiger partial charge on any atom is 0.397 e. The van der Waals surface area contributed by atoms with Gasteiger partial charge in [0.15, 0.2) is 0 Å². The summed E-state index contributed by atoms with van der Waals surface area (Å²) >= 11 is 0. The van der Waals surface area contributed by atoms with Crippen LogP contribution in [0.15, 0.2) is 18.2 Å². The zero-order chi connectivity index (χ0) is 13.8. The number of nitrogens with two attached hydrogens (primary N) is 1. The third kappa shape index (κ3) is 4.52. The fourth-order valence-corrected chi connectivity index (χ4v) is 1.86. The molecule has 0 saturated heterocycles. The van der Waals surface area contributed by atoms with E-state index in [-0.39, 0.29) is 6.61 Å². The molecule has 1 aromatic carbocycles. The van der Waals surface area contributed by atoms with Crippen molar-refractivity contribution in [1.82, 2.24) is 0 Å². The van der Waals surface area contributed by atoms with Gasteiger partial charge in [-0.25, -0.2) is 4.18 Å². The molecular formula is C11H18N2O4S. The maximum absolute atomic E-state index is 10.4. The topological polar surface area (TPSA) is 92.9 Å². The first kappa shape index (κ1) is 14.7. The number of nitrogen functional groups attached to an aromatic ring is 1. The van der Waals surface area contributed by atoms with Crippen molar-refractivity contribution < 1.29 is 17.2 Å². The second-order valence-corrected chi connectivity index (χ2v) is 4.96. The normalized spacial score (nSPS) is 11.5. The van der Waals surface area contributed by atoms with Gasteiger partial charge in [0.25, 0.3) is 0 Å². The molecule has 1 aromatic rings. The number of nitrogens with zero attached hydrogens (tertiary/aromatic N) is 1. The number of anilines is 2. The predicted octanol–water partition coefficient (Wildman–Crippen LogP) is 1.22.